The van der Waals surface area contributed by atoms with Crippen molar-refractivity contribution in [2.45, 2.75) is 31.8 Å². The van der Waals surface area contributed by atoms with Crippen LogP contribution in [0.5, 0.6) is 0 Å². The highest BCUT2D eigenvalue weighted by molar-refractivity contribution is 5.78. The molecule has 1 aliphatic heterocycles. The molecule has 1 saturated carbocycles. The second kappa shape index (κ2) is 6.69. The minimum Gasteiger partial charge on any atom is -0.348 e. The van der Waals surface area contributed by atoms with Crippen molar-refractivity contribution in [3.05, 3.63) is 59.7 Å². The lowest BCUT2D eigenvalue weighted by Crippen LogP contribution is -2.41. The van der Waals surface area contributed by atoms with E-state index in [1.54, 1.807) is 6.33 Å². The number of carbonyl (C=O) groups excluding carboxylic acids is 1. The zero-order valence-electron chi connectivity index (χ0n) is 13.7. The van der Waals surface area contributed by atoms with E-state index in [0.717, 1.165) is 25.2 Å². The third-order valence-electron chi connectivity index (χ3n) is 4.89. The average Bonchev–Trinajstić information content (AvgIpc) is 3.45. The molecule has 2 aliphatic rings. The maximum absolute atomic E-state index is 12.6. The molecule has 5 heteroatoms. The topological polar surface area (TPSA) is 58.1 Å². The number of rotatable bonds is 5. The lowest BCUT2D eigenvalue weighted by Gasteiger charge is -2.28. The van der Waals surface area contributed by atoms with Crippen LogP contribution in [0.4, 0.5) is 0 Å². The number of nitrogens with one attached hydrogen (secondary N) is 1. The van der Waals surface area contributed by atoms with E-state index in [1.807, 2.05) is 24.4 Å². The van der Waals surface area contributed by atoms with Crippen LogP contribution >= 0.6 is 0 Å². The smallest absolute Gasteiger partial charge is 0.234 e. The summed E-state index contributed by atoms with van der Waals surface area (Å²) in [6.07, 6.45) is 6.79. The van der Waals surface area contributed by atoms with Crippen LogP contribution in [0.25, 0.3) is 0 Å². The molecule has 0 bridgehead atoms. The van der Waals surface area contributed by atoms with E-state index < -0.39 is 0 Å². The predicted octanol–water partition coefficient (Wildman–Crippen LogP) is 2.10. The van der Waals surface area contributed by atoms with Gasteiger partial charge in [-0.25, -0.2) is 9.97 Å². The van der Waals surface area contributed by atoms with E-state index in [1.165, 1.54) is 24.0 Å². The zero-order chi connectivity index (χ0) is 16.4. The highest BCUT2D eigenvalue weighted by Gasteiger charge is 2.33. The number of carbonyl (C=O) groups is 1. The second-order valence-electron chi connectivity index (χ2n) is 6.75. The zero-order valence-corrected chi connectivity index (χ0v) is 13.7. The number of aromatic nitrogens is 2. The summed E-state index contributed by atoms with van der Waals surface area (Å²) in [6, 6.07) is 10.5. The van der Waals surface area contributed by atoms with Gasteiger partial charge < -0.3 is 5.32 Å². The first-order valence-electron chi connectivity index (χ1n) is 8.64. The van der Waals surface area contributed by atoms with Crippen molar-refractivity contribution in [3.8, 4) is 0 Å². The van der Waals surface area contributed by atoms with Crippen LogP contribution in [0.15, 0.2) is 42.9 Å². The van der Waals surface area contributed by atoms with Crippen molar-refractivity contribution in [1.82, 2.24) is 20.2 Å². The van der Waals surface area contributed by atoms with Gasteiger partial charge in [-0.1, -0.05) is 30.3 Å². The van der Waals surface area contributed by atoms with Gasteiger partial charge in [-0.3, -0.25) is 9.69 Å². The van der Waals surface area contributed by atoms with E-state index in [-0.39, 0.29) is 11.9 Å². The normalized spacial score (nSPS) is 18.7. The summed E-state index contributed by atoms with van der Waals surface area (Å²) >= 11 is 0. The molecule has 1 fully saturated rings. The Hall–Kier alpha value is -2.27. The van der Waals surface area contributed by atoms with Gasteiger partial charge in [0.15, 0.2) is 0 Å². The molecule has 0 radical (unpaired) electrons. The summed E-state index contributed by atoms with van der Waals surface area (Å²) in [5, 5.41) is 3.25. The number of amides is 1. The Morgan fingerprint density at radius 3 is 2.92 bits per heavy atom. The lowest BCUT2D eigenvalue weighted by molar-refractivity contribution is -0.123. The molecule has 1 aromatic heterocycles. The molecule has 1 aromatic carbocycles. The Labute approximate surface area is 142 Å². The highest BCUT2D eigenvalue weighted by Crippen LogP contribution is 2.40. The van der Waals surface area contributed by atoms with Gasteiger partial charge in [-0.15, -0.1) is 0 Å². The molecule has 1 amide bonds. The first kappa shape index (κ1) is 15.3. The standard InChI is InChI=1S/C19H22N4O/c24-18(12-23-9-8-16-10-20-13-21-17(16)11-23)22-19(15-6-7-15)14-4-2-1-3-5-14/h1-5,10,13,15,19H,6-9,11-12H2,(H,22,24)/t19-/m0/s1. The Balaban J connectivity index is 1.38. The number of benzene rings is 1. The van der Waals surface area contributed by atoms with Gasteiger partial charge in [0.25, 0.3) is 0 Å². The SMILES string of the molecule is O=C(CN1CCc2cncnc2C1)N[C@@H](c1ccccc1)C1CC1. The van der Waals surface area contributed by atoms with E-state index in [4.69, 9.17) is 0 Å². The summed E-state index contributed by atoms with van der Waals surface area (Å²) in [6.45, 7) is 2.04. The lowest BCUT2D eigenvalue weighted by atomic mass is 10.0. The monoisotopic (exact) mass is 322 g/mol. The first-order valence-corrected chi connectivity index (χ1v) is 8.64. The maximum atomic E-state index is 12.6. The molecule has 0 unspecified atom stereocenters. The summed E-state index contributed by atoms with van der Waals surface area (Å²) in [5.74, 6) is 0.694. The van der Waals surface area contributed by atoms with Crippen LogP contribution in [0.3, 0.4) is 0 Å². The van der Waals surface area contributed by atoms with Crippen LogP contribution in [0, 0.1) is 5.92 Å². The molecule has 0 spiro atoms. The molecule has 124 valence electrons. The fourth-order valence-electron chi connectivity index (χ4n) is 3.42. The molecule has 1 atom stereocenters. The van der Waals surface area contributed by atoms with Crippen molar-refractivity contribution in [2.24, 2.45) is 5.92 Å². The van der Waals surface area contributed by atoms with E-state index in [9.17, 15) is 4.79 Å². The van der Waals surface area contributed by atoms with Gasteiger partial charge in [0, 0.05) is 19.3 Å². The minimum atomic E-state index is 0.105. The molecule has 2 aromatic rings. The quantitative estimate of drug-likeness (QED) is 0.916. The van der Waals surface area contributed by atoms with E-state index >= 15 is 0 Å². The highest BCUT2D eigenvalue weighted by atomic mass is 16.2. The minimum absolute atomic E-state index is 0.105. The fraction of sp³-hybridized carbons (Fsp3) is 0.421. The van der Waals surface area contributed by atoms with Crippen molar-refractivity contribution >= 4 is 5.91 Å². The van der Waals surface area contributed by atoms with Crippen molar-refractivity contribution in [3.63, 3.8) is 0 Å². The largest absolute Gasteiger partial charge is 0.348 e. The van der Waals surface area contributed by atoms with Crippen LogP contribution < -0.4 is 5.32 Å². The Morgan fingerprint density at radius 1 is 1.29 bits per heavy atom. The van der Waals surface area contributed by atoms with Gasteiger partial charge in [0.1, 0.15) is 6.33 Å². The van der Waals surface area contributed by atoms with Gasteiger partial charge >= 0.3 is 0 Å². The predicted molar refractivity (Wildman–Crippen MR) is 91.1 cm³/mol. The molecular weight excluding hydrogens is 300 g/mol. The number of fused-ring (bicyclic) bond motifs is 1. The van der Waals surface area contributed by atoms with Gasteiger partial charge in [0.2, 0.25) is 5.91 Å². The first-order chi connectivity index (χ1) is 11.8. The summed E-state index contributed by atoms with van der Waals surface area (Å²) in [5.41, 5.74) is 3.46. The van der Waals surface area contributed by atoms with E-state index in [2.05, 4.69) is 32.3 Å². The third-order valence-corrected chi connectivity index (χ3v) is 4.89. The average molecular weight is 322 g/mol. The molecule has 1 aliphatic carbocycles. The number of nitrogens with zero attached hydrogens (tertiary/aromatic N) is 3. The third kappa shape index (κ3) is 3.46. The van der Waals surface area contributed by atoms with Crippen molar-refractivity contribution in [1.29, 1.82) is 0 Å². The Bertz CT molecular complexity index is 714. The Morgan fingerprint density at radius 2 is 2.12 bits per heavy atom. The van der Waals surface area contributed by atoms with E-state index in [0.29, 0.717) is 12.5 Å². The van der Waals surface area contributed by atoms with Crippen molar-refractivity contribution < 1.29 is 4.79 Å². The number of hydrogen-bond acceptors (Lipinski definition) is 4. The maximum Gasteiger partial charge on any atom is 0.234 e. The number of hydrogen-bond donors (Lipinski definition) is 1. The summed E-state index contributed by atoms with van der Waals surface area (Å²) in [7, 11) is 0. The van der Waals surface area contributed by atoms with Gasteiger partial charge in [-0.2, -0.15) is 0 Å². The van der Waals surface area contributed by atoms with Crippen LogP contribution in [-0.2, 0) is 17.8 Å². The Kier molecular flexibility index (Phi) is 4.26. The second-order valence-corrected chi connectivity index (χ2v) is 6.75. The van der Waals surface area contributed by atoms with Crippen molar-refractivity contribution in [2.75, 3.05) is 13.1 Å². The summed E-state index contributed by atoms with van der Waals surface area (Å²) in [4.78, 5) is 23.1. The molecule has 4 rings (SSSR count). The molecule has 24 heavy (non-hydrogen) atoms. The van der Waals surface area contributed by atoms with Crippen LogP contribution in [0.2, 0.25) is 0 Å². The molecule has 1 N–H and O–H groups in total. The fourth-order valence-corrected chi connectivity index (χ4v) is 3.42. The van der Waals surface area contributed by atoms with Gasteiger partial charge in [0.05, 0.1) is 18.3 Å². The summed E-state index contributed by atoms with van der Waals surface area (Å²) < 4.78 is 0. The molecule has 0 saturated heterocycles. The molecule has 5 nitrogen and oxygen atoms in total. The van der Waals surface area contributed by atoms with Gasteiger partial charge in [-0.05, 0) is 36.3 Å². The molecule has 2 heterocycles. The van der Waals surface area contributed by atoms with Crippen LogP contribution in [0.1, 0.15) is 35.7 Å². The van der Waals surface area contributed by atoms with Crippen LogP contribution in [-0.4, -0.2) is 33.9 Å². The molecular formula is C19H22N4O.